The van der Waals surface area contributed by atoms with Crippen LogP contribution in [0.15, 0.2) is 96.0 Å². The molecule has 0 aliphatic carbocycles. The molecule has 0 unspecified atom stereocenters. The van der Waals surface area contributed by atoms with Crippen LogP contribution >= 0.6 is 0 Å². The second-order valence-electron chi connectivity index (χ2n) is 14.2. The van der Waals surface area contributed by atoms with Crippen LogP contribution in [-0.2, 0) is 26.2 Å². The highest BCUT2D eigenvalue weighted by molar-refractivity contribution is 7.90. The lowest BCUT2D eigenvalue weighted by atomic mass is 10.1. The summed E-state index contributed by atoms with van der Waals surface area (Å²) < 4.78 is 39.7. The van der Waals surface area contributed by atoms with Gasteiger partial charge in [0.25, 0.3) is 21.8 Å². The quantitative estimate of drug-likeness (QED) is 0.110. The maximum atomic E-state index is 13.7. The van der Waals surface area contributed by atoms with Gasteiger partial charge in [0.2, 0.25) is 5.91 Å². The van der Waals surface area contributed by atoms with E-state index in [1.165, 1.54) is 17.3 Å². The molecule has 0 saturated carbocycles. The van der Waals surface area contributed by atoms with E-state index in [0.29, 0.717) is 52.2 Å². The number of likely N-dealkylation sites (N-methyl/N-ethyl adjacent to an activating group) is 1. The monoisotopic (exact) mass is 779 g/mol. The van der Waals surface area contributed by atoms with E-state index in [4.69, 9.17) is 9.47 Å². The van der Waals surface area contributed by atoms with Crippen molar-refractivity contribution < 1.29 is 32.3 Å². The first-order chi connectivity index (χ1) is 26.9. The zero-order chi connectivity index (χ0) is 39.8. The maximum absolute atomic E-state index is 13.7. The Morgan fingerprint density at radius 1 is 0.768 bits per heavy atom. The minimum Gasteiger partial charge on any atom is -0.491 e. The van der Waals surface area contributed by atoms with Crippen LogP contribution < -0.4 is 15.4 Å². The Labute approximate surface area is 328 Å². The lowest BCUT2D eigenvalue weighted by Crippen LogP contribution is -2.47. The summed E-state index contributed by atoms with van der Waals surface area (Å²) in [7, 11) is -0.302. The van der Waals surface area contributed by atoms with E-state index >= 15 is 0 Å². The molecule has 0 radical (unpaired) electrons. The van der Waals surface area contributed by atoms with Crippen molar-refractivity contribution in [2.45, 2.75) is 51.0 Å². The van der Waals surface area contributed by atoms with Crippen LogP contribution in [0.1, 0.15) is 63.1 Å². The number of hydrogen-bond acceptors (Lipinski definition) is 8. The van der Waals surface area contributed by atoms with E-state index in [1.807, 2.05) is 36.9 Å². The third-order valence-electron chi connectivity index (χ3n) is 9.97. The Bertz CT molecular complexity index is 2310. The molecule has 2 heterocycles. The first kappa shape index (κ1) is 40.2. The molecular formula is C43H49N5O7S. The number of anilines is 2. The number of methoxy groups -OCH3 is 1. The third-order valence-corrected chi connectivity index (χ3v) is 11.7. The van der Waals surface area contributed by atoms with Crippen molar-refractivity contribution in [3.63, 3.8) is 0 Å². The van der Waals surface area contributed by atoms with Crippen molar-refractivity contribution in [1.29, 1.82) is 0 Å². The van der Waals surface area contributed by atoms with Gasteiger partial charge in [-0.15, -0.1) is 0 Å². The van der Waals surface area contributed by atoms with Gasteiger partial charge in [-0.05, 0) is 106 Å². The van der Waals surface area contributed by atoms with Crippen molar-refractivity contribution in [2.75, 3.05) is 57.6 Å². The van der Waals surface area contributed by atoms with Crippen LogP contribution in [0.25, 0.3) is 10.9 Å². The van der Waals surface area contributed by atoms with Crippen LogP contribution in [-0.4, -0.2) is 86.9 Å². The molecule has 13 heteroatoms. The summed E-state index contributed by atoms with van der Waals surface area (Å²) in [6, 6.07) is 23.7. The number of rotatable bonds is 15. The van der Waals surface area contributed by atoms with Gasteiger partial charge in [0, 0.05) is 73.7 Å². The first-order valence-electron chi connectivity index (χ1n) is 18.8. The Morgan fingerprint density at radius 3 is 2.23 bits per heavy atom. The number of fused-ring (bicyclic) bond motifs is 1. The number of piperazine rings is 1. The summed E-state index contributed by atoms with van der Waals surface area (Å²) in [4.78, 5) is 44.1. The van der Waals surface area contributed by atoms with Gasteiger partial charge in [-0.2, -0.15) is 0 Å². The number of aryl methyl sites for hydroxylation is 2. The molecule has 1 fully saturated rings. The van der Waals surface area contributed by atoms with Crippen LogP contribution in [0, 0.1) is 13.8 Å². The van der Waals surface area contributed by atoms with Crippen LogP contribution in [0.5, 0.6) is 5.75 Å². The highest BCUT2D eigenvalue weighted by Crippen LogP contribution is 2.29. The summed E-state index contributed by atoms with van der Waals surface area (Å²) >= 11 is 0. The maximum Gasteiger partial charge on any atom is 0.268 e. The summed E-state index contributed by atoms with van der Waals surface area (Å²) in [5.74, 6) is -0.0390. The topological polar surface area (TPSA) is 139 Å². The van der Waals surface area contributed by atoms with Crippen LogP contribution in [0.3, 0.4) is 0 Å². The molecule has 1 aliphatic rings. The zero-order valence-corrected chi connectivity index (χ0v) is 33.2. The molecule has 56 heavy (non-hydrogen) atoms. The van der Waals surface area contributed by atoms with Crippen molar-refractivity contribution in [3.8, 4) is 5.75 Å². The highest BCUT2D eigenvalue weighted by Gasteiger charge is 2.22. The summed E-state index contributed by atoms with van der Waals surface area (Å²) in [5.41, 5.74) is 4.49. The lowest BCUT2D eigenvalue weighted by molar-refractivity contribution is -0.132. The van der Waals surface area contributed by atoms with Crippen molar-refractivity contribution >= 4 is 50.0 Å². The fourth-order valence-corrected chi connectivity index (χ4v) is 8.04. The van der Waals surface area contributed by atoms with Crippen molar-refractivity contribution in [3.05, 3.63) is 119 Å². The van der Waals surface area contributed by atoms with E-state index < -0.39 is 15.9 Å². The molecule has 4 aromatic carbocycles. The SMILES string of the molecule is COCc1cc(C(=O)Nc2ccc(C)cc2OCCCCCC(=O)N2CCN(C)CC2)ccc1NC(=O)c1cccc2c1ccn2S(=O)(=O)c1ccc(C)cc1. The highest BCUT2D eigenvalue weighted by atomic mass is 32.2. The number of amides is 3. The fourth-order valence-electron chi connectivity index (χ4n) is 6.69. The summed E-state index contributed by atoms with van der Waals surface area (Å²) in [6.07, 6.45) is 4.42. The lowest BCUT2D eigenvalue weighted by Gasteiger charge is -2.32. The molecule has 2 N–H and O–H groups in total. The second kappa shape index (κ2) is 18.0. The van der Waals surface area contributed by atoms with Crippen LogP contribution in [0.4, 0.5) is 11.4 Å². The van der Waals surface area contributed by atoms with Gasteiger partial charge >= 0.3 is 0 Å². The minimum absolute atomic E-state index is 0.117. The predicted molar refractivity (Wildman–Crippen MR) is 218 cm³/mol. The molecule has 6 rings (SSSR count). The predicted octanol–water partition coefficient (Wildman–Crippen LogP) is 6.86. The summed E-state index contributed by atoms with van der Waals surface area (Å²) in [5, 5.41) is 6.37. The fraction of sp³-hybridized carbons (Fsp3) is 0.326. The number of hydrogen-bond donors (Lipinski definition) is 2. The Morgan fingerprint density at radius 2 is 1.48 bits per heavy atom. The molecule has 1 aromatic heterocycles. The summed E-state index contributed by atoms with van der Waals surface area (Å²) in [6.45, 7) is 7.80. The van der Waals surface area contributed by atoms with E-state index in [-0.39, 0.29) is 28.9 Å². The van der Waals surface area contributed by atoms with Gasteiger partial charge in [0.15, 0.2) is 0 Å². The first-order valence-corrected chi connectivity index (χ1v) is 20.3. The van der Waals surface area contributed by atoms with Gasteiger partial charge in [-0.3, -0.25) is 14.4 Å². The minimum atomic E-state index is -3.90. The zero-order valence-electron chi connectivity index (χ0n) is 32.3. The molecule has 1 saturated heterocycles. The van der Waals surface area contributed by atoms with Crippen LogP contribution in [0.2, 0.25) is 0 Å². The van der Waals surface area contributed by atoms with Gasteiger partial charge < -0.3 is 29.9 Å². The van der Waals surface area contributed by atoms with Gasteiger partial charge in [0.1, 0.15) is 5.75 Å². The number of carbonyl (C=O) groups is 3. The average molecular weight is 780 g/mol. The second-order valence-corrected chi connectivity index (χ2v) is 16.0. The van der Waals surface area contributed by atoms with Gasteiger partial charge in [0.05, 0.1) is 29.3 Å². The molecule has 0 atom stereocenters. The Kier molecular flexibility index (Phi) is 12.9. The number of aromatic nitrogens is 1. The Balaban J connectivity index is 1.09. The average Bonchev–Trinajstić information content (AvgIpc) is 3.64. The molecular weight excluding hydrogens is 731 g/mol. The Hall–Kier alpha value is -5.50. The number of nitrogens with zero attached hydrogens (tertiary/aromatic N) is 3. The molecule has 12 nitrogen and oxygen atoms in total. The molecule has 0 spiro atoms. The van der Waals surface area contributed by atoms with Gasteiger partial charge in [-0.25, -0.2) is 12.4 Å². The number of carbonyl (C=O) groups excluding carboxylic acids is 3. The third kappa shape index (κ3) is 9.47. The standard InChI is InChI=1S/C43H49N5O7S/c1-30-12-16-34(17-13-30)56(52,53)48-21-20-35-36(9-8-10-39(35)48)43(51)44-37-19-15-32(28-33(37)29-54-4)42(50)45-38-18-14-31(2)27-40(38)55-26-7-5-6-11-41(49)47-24-22-46(3)23-25-47/h8-10,12-21,27-28H,5-7,11,22-26,29H2,1-4H3,(H,44,51)(H,45,50). The largest absolute Gasteiger partial charge is 0.491 e. The number of benzene rings is 4. The van der Waals surface area contributed by atoms with Gasteiger partial charge in [-0.1, -0.05) is 29.8 Å². The van der Waals surface area contributed by atoms with Crippen molar-refractivity contribution in [1.82, 2.24) is 13.8 Å². The number of nitrogens with one attached hydrogen (secondary N) is 2. The van der Waals surface area contributed by atoms with E-state index in [2.05, 4.69) is 22.6 Å². The molecule has 294 valence electrons. The molecule has 5 aromatic rings. The molecule has 3 amide bonds. The van der Waals surface area contributed by atoms with E-state index in [9.17, 15) is 22.8 Å². The van der Waals surface area contributed by atoms with E-state index in [0.717, 1.165) is 56.6 Å². The normalized spacial score (nSPS) is 13.5. The number of ether oxygens (including phenoxy) is 2. The molecule has 1 aliphatic heterocycles. The molecule has 0 bridgehead atoms. The van der Waals surface area contributed by atoms with E-state index in [1.54, 1.807) is 66.7 Å². The van der Waals surface area contributed by atoms with Crippen molar-refractivity contribution in [2.24, 2.45) is 0 Å². The number of unbranched alkanes of at least 4 members (excludes halogenated alkanes) is 2. The smallest absolute Gasteiger partial charge is 0.268 e.